The van der Waals surface area contributed by atoms with Crippen LogP contribution >= 0.6 is 9.24 Å². The van der Waals surface area contributed by atoms with Gasteiger partial charge in [0.15, 0.2) is 0 Å². The number of aryl methyl sites for hydroxylation is 1. The zero-order valence-electron chi connectivity index (χ0n) is 4.89. The molecule has 0 bridgehead atoms. The van der Waals surface area contributed by atoms with Crippen molar-refractivity contribution in [2.45, 2.75) is 6.92 Å². The van der Waals surface area contributed by atoms with E-state index in [2.05, 4.69) is 28.3 Å². The van der Waals surface area contributed by atoms with Crippen molar-refractivity contribution in [3.8, 4) is 0 Å². The molecule has 0 heterocycles. The molecule has 1 aromatic carbocycles. The van der Waals surface area contributed by atoms with Crippen LogP contribution in [0.3, 0.4) is 0 Å². The van der Waals surface area contributed by atoms with Gasteiger partial charge in [0.2, 0.25) is 0 Å². The van der Waals surface area contributed by atoms with Crippen LogP contribution in [0.5, 0.6) is 0 Å². The third-order valence-corrected chi connectivity index (χ3v) is 1.84. The van der Waals surface area contributed by atoms with Gasteiger partial charge in [-0.1, -0.05) is 24.3 Å². The van der Waals surface area contributed by atoms with E-state index in [1.165, 1.54) is 10.9 Å². The van der Waals surface area contributed by atoms with Gasteiger partial charge in [0.05, 0.1) is 0 Å². The van der Waals surface area contributed by atoms with Gasteiger partial charge in [-0.25, -0.2) is 0 Å². The second kappa shape index (κ2) is 4.46. The normalized spacial score (nSPS) is 8.22. The molecule has 2 heteroatoms. The summed E-state index contributed by atoms with van der Waals surface area (Å²) in [5, 5.41) is 1.28. The minimum absolute atomic E-state index is 0. The molecule has 1 unspecified atom stereocenters. The second-order valence-corrected chi connectivity index (χ2v) is 2.48. The summed E-state index contributed by atoms with van der Waals surface area (Å²) in [6, 6.07) is 8.26. The summed E-state index contributed by atoms with van der Waals surface area (Å²) in [5.74, 6) is 0. The molecule has 0 aliphatic rings. The Bertz CT molecular complexity index is 165. The molecule has 0 amide bonds. The summed E-state index contributed by atoms with van der Waals surface area (Å²) in [4.78, 5) is 0. The fraction of sp³-hybridized carbons (Fsp3) is 0.143. The van der Waals surface area contributed by atoms with Gasteiger partial charge < -0.3 is 0 Å². The minimum atomic E-state index is 0. The Hall–Kier alpha value is 0.650. The van der Waals surface area contributed by atoms with E-state index in [0.717, 1.165) is 0 Å². The third-order valence-electron chi connectivity index (χ3n) is 1.19. The van der Waals surface area contributed by atoms with Crippen LogP contribution in [0.25, 0.3) is 0 Å². The zero-order chi connectivity index (χ0) is 5.98. The first-order chi connectivity index (χ1) is 3.80. The molecule has 0 aliphatic heterocycles. The fourth-order valence-corrected chi connectivity index (χ4v) is 0.794. The monoisotopic (exact) mass is 148 g/mol. The summed E-state index contributed by atoms with van der Waals surface area (Å²) in [7, 11) is 2.69. The molecule has 0 fully saturated rings. The summed E-state index contributed by atoms with van der Waals surface area (Å²) in [5.41, 5.74) is 1.33. The Kier molecular flexibility index (Phi) is 4.79. The summed E-state index contributed by atoms with van der Waals surface area (Å²) >= 11 is 0. The quantitative estimate of drug-likeness (QED) is 0.378. The van der Waals surface area contributed by atoms with Crippen LogP contribution in [0.15, 0.2) is 24.3 Å². The van der Waals surface area contributed by atoms with Crippen molar-refractivity contribution in [3.05, 3.63) is 29.8 Å². The van der Waals surface area contributed by atoms with E-state index < -0.39 is 0 Å². The maximum atomic E-state index is 2.69. The van der Waals surface area contributed by atoms with E-state index >= 15 is 0 Å². The Morgan fingerprint density at radius 2 is 1.78 bits per heavy atom. The van der Waals surface area contributed by atoms with Crippen LogP contribution in [-0.2, 0) is 0 Å². The molecule has 0 radical (unpaired) electrons. The molecular weight excluding hydrogens is 138 g/mol. The van der Waals surface area contributed by atoms with Crippen LogP contribution < -0.4 is 5.30 Å². The van der Waals surface area contributed by atoms with Gasteiger partial charge in [0.1, 0.15) is 0 Å². The molecule has 0 saturated heterocycles. The van der Waals surface area contributed by atoms with Crippen LogP contribution in [0.1, 0.15) is 5.56 Å². The maximum absolute atomic E-state index is 2.69. The molecule has 0 spiro atoms. The van der Waals surface area contributed by atoms with Crippen molar-refractivity contribution >= 4 is 44.1 Å². The number of hydrogen-bond donors (Lipinski definition) is 0. The molecule has 1 aromatic rings. The Morgan fingerprint density at radius 1 is 1.22 bits per heavy atom. The van der Waals surface area contributed by atoms with Crippen molar-refractivity contribution < 1.29 is 0 Å². The van der Waals surface area contributed by atoms with E-state index in [9.17, 15) is 0 Å². The molecule has 0 aliphatic carbocycles. The first kappa shape index (κ1) is 9.65. The van der Waals surface area contributed by atoms with Crippen molar-refractivity contribution in [2.75, 3.05) is 0 Å². The number of benzene rings is 1. The molecule has 1 atom stereocenters. The van der Waals surface area contributed by atoms with Crippen molar-refractivity contribution in [1.82, 2.24) is 0 Å². The SMILES string of the molecule is Cc1ccccc1P.[NaH]. The van der Waals surface area contributed by atoms with E-state index in [1.54, 1.807) is 0 Å². The molecule has 1 rings (SSSR count). The van der Waals surface area contributed by atoms with Gasteiger partial charge in [-0.2, -0.15) is 0 Å². The van der Waals surface area contributed by atoms with Crippen LogP contribution in [0.4, 0.5) is 0 Å². The van der Waals surface area contributed by atoms with E-state index in [0.29, 0.717) is 0 Å². The van der Waals surface area contributed by atoms with Crippen molar-refractivity contribution in [2.24, 2.45) is 0 Å². The Balaban J connectivity index is 0.000000640. The summed E-state index contributed by atoms with van der Waals surface area (Å²) in [6.45, 7) is 2.10. The summed E-state index contributed by atoms with van der Waals surface area (Å²) in [6.07, 6.45) is 0. The van der Waals surface area contributed by atoms with Crippen LogP contribution in [0, 0.1) is 6.92 Å². The van der Waals surface area contributed by atoms with Gasteiger partial charge in [-0.3, -0.25) is 0 Å². The number of hydrogen-bond acceptors (Lipinski definition) is 0. The first-order valence-electron chi connectivity index (χ1n) is 2.62. The van der Waals surface area contributed by atoms with Gasteiger partial charge in [0, 0.05) is 0 Å². The fourth-order valence-electron chi connectivity index (χ4n) is 0.587. The molecule has 0 N–H and O–H groups in total. The first-order valence-corrected chi connectivity index (χ1v) is 3.19. The van der Waals surface area contributed by atoms with E-state index in [-0.39, 0.29) is 29.6 Å². The van der Waals surface area contributed by atoms with Gasteiger partial charge in [0.25, 0.3) is 0 Å². The second-order valence-electron chi connectivity index (χ2n) is 1.86. The van der Waals surface area contributed by atoms with Gasteiger partial charge >= 0.3 is 29.6 Å². The third kappa shape index (κ3) is 2.82. The zero-order valence-corrected chi connectivity index (χ0v) is 6.04. The average Bonchev–Trinajstić information content (AvgIpc) is 1.77. The standard InChI is InChI=1S/C7H9P.Na.H/c1-6-4-2-3-5-7(6)8;;/h2-5H,8H2,1H3;;. The van der Waals surface area contributed by atoms with Gasteiger partial charge in [-0.15, -0.1) is 9.24 Å². The predicted molar refractivity (Wildman–Crippen MR) is 47.7 cm³/mol. The molecule has 0 saturated carbocycles. The van der Waals surface area contributed by atoms with Crippen molar-refractivity contribution in [3.63, 3.8) is 0 Å². The Labute approximate surface area is 80.5 Å². The van der Waals surface area contributed by atoms with Gasteiger partial charge in [-0.05, 0) is 17.8 Å². The molecule has 44 valence electrons. The van der Waals surface area contributed by atoms with Crippen LogP contribution in [0.2, 0.25) is 0 Å². The molecule has 9 heavy (non-hydrogen) atoms. The Morgan fingerprint density at radius 3 is 2.11 bits per heavy atom. The molecule has 0 nitrogen and oxygen atoms in total. The van der Waals surface area contributed by atoms with E-state index in [4.69, 9.17) is 0 Å². The predicted octanol–water partition coefficient (Wildman–Crippen LogP) is 0.847. The average molecular weight is 148 g/mol. The van der Waals surface area contributed by atoms with Crippen molar-refractivity contribution in [1.29, 1.82) is 0 Å². The topological polar surface area (TPSA) is 0 Å². The van der Waals surface area contributed by atoms with Crippen LogP contribution in [-0.4, -0.2) is 29.6 Å². The summed E-state index contributed by atoms with van der Waals surface area (Å²) < 4.78 is 0. The molecule has 0 aromatic heterocycles. The number of rotatable bonds is 0. The molecular formula is C7H10NaP. The van der Waals surface area contributed by atoms with E-state index in [1.807, 2.05) is 12.1 Å².